The Labute approximate surface area is 206 Å². The van der Waals surface area contributed by atoms with Gasteiger partial charge in [-0.2, -0.15) is 0 Å². The van der Waals surface area contributed by atoms with Crippen molar-refractivity contribution in [2.45, 2.75) is 58.4 Å². The zero-order chi connectivity index (χ0) is 24.2. The predicted molar refractivity (Wildman–Crippen MR) is 138 cm³/mol. The van der Waals surface area contributed by atoms with E-state index in [2.05, 4.69) is 10.3 Å². The number of nitrogens with one attached hydrogen (secondary N) is 1. The van der Waals surface area contributed by atoms with Gasteiger partial charge < -0.3 is 5.32 Å². The number of hydrogen-bond acceptors (Lipinski definition) is 4. The standard InChI is InChI=1S/C28H33N3O2S/c1-18-20(3)34-28(30-18)31(4)27(33)23-16-14-22(15-17-23)24-12-8-9-13-25(24)26(32)29-19(2)21-10-6-5-7-11-21/h5-7,10-11,14-17,19,24-25H,8-9,12-13H2,1-4H3,(H,29,32)/t19-,24+,25-/m0/s1. The molecule has 1 aliphatic carbocycles. The zero-order valence-electron chi connectivity index (χ0n) is 20.4. The summed E-state index contributed by atoms with van der Waals surface area (Å²) in [5, 5.41) is 3.94. The lowest BCUT2D eigenvalue weighted by atomic mass is 9.74. The topological polar surface area (TPSA) is 62.3 Å². The molecular weight excluding hydrogens is 442 g/mol. The maximum atomic E-state index is 13.2. The number of hydrogen-bond donors (Lipinski definition) is 1. The van der Waals surface area contributed by atoms with E-state index < -0.39 is 0 Å². The summed E-state index contributed by atoms with van der Waals surface area (Å²) in [4.78, 5) is 33.5. The molecule has 0 spiro atoms. The van der Waals surface area contributed by atoms with Crippen LogP contribution in [0.15, 0.2) is 54.6 Å². The summed E-state index contributed by atoms with van der Waals surface area (Å²) in [5.74, 6) is 0.165. The zero-order valence-corrected chi connectivity index (χ0v) is 21.2. The second-order valence-electron chi connectivity index (χ2n) is 9.26. The molecule has 3 atom stereocenters. The van der Waals surface area contributed by atoms with Crippen LogP contribution in [0.5, 0.6) is 0 Å². The van der Waals surface area contributed by atoms with Crippen LogP contribution < -0.4 is 10.2 Å². The number of carbonyl (C=O) groups is 2. The van der Waals surface area contributed by atoms with E-state index in [1.165, 1.54) is 11.3 Å². The Kier molecular flexibility index (Phi) is 7.47. The van der Waals surface area contributed by atoms with Crippen molar-refractivity contribution < 1.29 is 9.59 Å². The lowest BCUT2D eigenvalue weighted by molar-refractivity contribution is -0.127. The maximum absolute atomic E-state index is 13.2. The van der Waals surface area contributed by atoms with Gasteiger partial charge in [-0.3, -0.25) is 14.5 Å². The largest absolute Gasteiger partial charge is 0.349 e. The Hall–Kier alpha value is -2.99. The van der Waals surface area contributed by atoms with Gasteiger partial charge in [0.15, 0.2) is 5.13 Å². The molecule has 1 fully saturated rings. The first-order valence-corrected chi connectivity index (χ1v) is 12.8. The summed E-state index contributed by atoms with van der Waals surface area (Å²) < 4.78 is 0. The molecule has 0 radical (unpaired) electrons. The minimum absolute atomic E-state index is 0.0232. The minimum atomic E-state index is -0.0741. The fourth-order valence-electron chi connectivity index (χ4n) is 4.74. The Morgan fingerprint density at radius 2 is 1.71 bits per heavy atom. The lowest BCUT2D eigenvalue weighted by Crippen LogP contribution is -2.37. The van der Waals surface area contributed by atoms with E-state index in [-0.39, 0.29) is 29.7 Å². The van der Waals surface area contributed by atoms with Crippen LogP contribution >= 0.6 is 11.3 Å². The van der Waals surface area contributed by atoms with Gasteiger partial charge in [-0.25, -0.2) is 4.98 Å². The van der Waals surface area contributed by atoms with Crippen LogP contribution in [0.2, 0.25) is 0 Å². The molecule has 2 amide bonds. The van der Waals surface area contributed by atoms with Gasteiger partial charge >= 0.3 is 0 Å². The van der Waals surface area contributed by atoms with Gasteiger partial charge in [-0.05, 0) is 62.8 Å². The number of anilines is 1. The van der Waals surface area contributed by atoms with E-state index in [1.807, 2.05) is 75.4 Å². The van der Waals surface area contributed by atoms with Gasteiger partial charge in [-0.1, -0.05) is 55.3 Å². The Morgan fingerprint density at radius 1 is 1.03 bits per heavy atom. The number of benzene rings is 2. The second-order valence-corrected chi connectivity index (χ2v) is 10.4. The van der Waals surface area contributed by atoms with E-state index in [4.69, 9.17) is 0 Å². The van der Waals surface area contributed by atoms with Gasteiger partial charge in [0.1, 0.15) is 0 Å². The van der Waals surface area contributed by atoms with Crippen LogP contribution in [-0.2, 0) is 4.79 Å². The Balaban J connectivity index is 1.46. The molecule has 6 heteroatoms. The highest BCUT2D eigenvalue weighted by molar-refractivity contribution is 7.15. The smallest absolute Gasteiger partial charge is 0.259 e. The van der Waals surface area contributed by atoms with Gasteiger partial charge in [0.2, 0.25) is 5.91 Å². The molecule has 0 unspecified atom stereocenters. The molecule has 5 nitrogen and oxygen atoms in total. The van der Waals surface area contributed by atoms with Gasteiger partial charge in [0.05, 0.1) is 11.7 Å². The van der Waals surface area contributed by atoms with Crippen LogP contribution in [-0.4, -0.2) is 23.8 Å². The van der Waals surface area contributed by atoms with Crippen LogP contribution in [0, 0.1) is 19.8 Å². The third kappa shape index (κ3) is 5.22. The first-order valence-electron chi connectivity index (χ1n) is 12.0. The fraction of sp³-hybridized carbons (Fsp3) is 0.393. The molecule has 4 rings (SSSR count). The normalized spacial score (nSPS) is 18.8. The third-order valence-electron chi connectivity index (χ3n) is 6.96. The first kappa shape index (κ1) is 24.1. The molecular formula is C28H33N3O2S. The van der Waals surface area contributed by atoms with Crippen molar-refractivity contribution in [1.29, 1.82) is 0 Å². The molecule has 2 aromatic carbocycles. The molecule has 1 aromatic heterocycles. The lowest BCUT2D eigenvalue weighted by Gasteiger charge is -2.32. The molecule has 0 saturated heterocycles. The summed E-state index contributed by atoms with van der Waals surface area (Å²) >= 11 is 1.53. The molecule has 1 aliphatic rings. The number of thiazole rings is 1. The number of nitrogens with zero attached hydrogens (tertiary/aromatic N) is 2. The van der Waals surface area contributed by atoms with Crippen LogP contribution in [0.1, 0.15) is 76.6 Å². The van der Waals surface area contributed by atoms with Crippen LogP contribution in [0.3, 0.4) is 0 Å². The highest BCUT2D eigenvalue weighted by Crippen LogP contribution is 2.38. The monoisotopic (exact) mass is 475 g/mol. The second kappa shape index (κ2) is 10.5. The Morgan fingerprint density at radius 3 is 2.35 bits per heavy atom. The van der Waals surface area contributed by atoms with E-state index in [9.17, 15) is 9.59 Å². The number of aryl methyl sites for hydroxylation is 2. The quantitative estimate of drug-likeness (QED) is 0.462. The van der Waals surface area contributed by atoms with Crippen molar-refractivity contribution in [1.82, 2.24) is 10.3 Å². The molecule has 3 aromatic rings. The Bertz CT molecular complexity index is 1120. The number of aromatic nitrogens is 1. The molecule has 178 valence electrons. The first-order chi connectivity index (χ1) is 16.3. The summed E-state index contributed by atoms with van der Waals surface area (Å²) in [6.07, 6.45) is 4.07. The average Bonchev–Trinajstić information content (AvgIpc) is 3.21. The van der Waals surface area contributed by atoms with Gasteiger partial charge in [-0.15, -0.1) is 11.3 Å². The van der Waals surface area contributed by atoms with Crippen LogP contribution in [0.4, 0.5) is 5.13 Å². The van der Waals surface area contributed by atoms with Crippen molar-refractivity contribution in [3.8, 4) is 0 Å². The number of rotatable bonds is 6. The highest BCUT2D eigenvalue weighted by atomic mass is 32.1. The SMILES string of the molecule is Cc1nc(N(C)C(=O)c2ccc([C@H]3CCCC[C@@H]3C(=O)N[C@@H](C)c3ccccc3)cc2)sc1C. The summed E-state index contributed by atoms with van der Waals surface area (Å²) in [6, 6.07) is 17.9. The molecule has 1 heterocycles. The molecule has 0 bridgehead atoms. The molecule has 1 saturated carbocycles. The molecule has 34 heavy (non-hydrogen) atoms. The molecule has 0 aliphatic heterocycles. The third-order valence-corrected chi connectivity index (χ3v) is 8.10. The highest BCUT2D eigenvalue weighted by Gasteiger charge is 2.32. The van der Waals surface area contributed by atoms with E-state index in [1.54, 1.807) is 11.9 Å². The average molecular weight is 476 g/mol. The molecule has 1 N–H and O–H groups in total. The van der Waals surface area contributed by atoms with Gasteiger partial charge in [0, 0.05) is 23.4 Å². The summed E-state index contributed by atoms with van der Waals surface area (Å²) in [7, 11) is 1.77. The van der Waals surface area contributed by atoms with Gasteiger partial charge in [0.25, 0.3) is 5.91 Å². The fourth-order valence-corrected chi connectivity index (χ4v) is 5.61. The van der Waals surface area contributed by atoms with Crippen molar-refractivity contribution in [2.24, 2.45) is 5.92 Å². The van der Waals surface area contributed by atoms with E-state index in [0.29, 0.717) is 10.7 Å². The van der Waals surface area contributed by atoms with Crippen molar-refractivity contribution >= 4 is 28.3 Å². The predicted octanol–water partition coefficient (Wildman–Crippen LogP) is 6.19. The number of amides is 2. The summed E-state index contributed by atoms with van der Waals surface area (Å²) in [5.41, 5.74) is 3.83. The summed E-state index contributed by atoms with van der Waals surface area (Å²) in [6.45, 7) is 6.01. The van der Waals surface area contributed by atoms with Crippen molar-refractivity contribution in [2.75, 3.05) is 11.9 Å². The number of carbonyl (C=O) groups excluding carboxylic acids is 2. The minimum Gasteiger partial charge on any atom is -0.349 e. The van der Waals surface area contributed by atoms with Crippen molar-refractivity contribution in [3.05, 3.63) is 81.9 Å². The van der Waals surface area contributed by atoms with Crippen LogP contribution in [0.25, 0.3) is 0 Å². The van der Waals surface area contributed by atoms with E-state index >= 15 is 0 Å². The van der Waals surface area contributed by atoms with E-state index in [0.717, 1.165) is 47.4 Å². The maximum Gasteiger partial charge on any atom is 0.259 e. The van der Waals surface area contributed by atoms with Crippen molar-refractivity contribution in [3.63, 3.8) is 0 Å².